The number of hydrogen-bond donors (Lipinski definition) is 0. The summed E-state index contributed by atoms with van der Waals surface area (Å²) in [4.78, 5) is 16.8. The molecule has 0 saturated carbocycles. The largest absolute Gasteiger partial charge is 0.493 e. The van der Waals surface area contributed by atoms with Crippen LogP contribution in [0.25, 0.3) is 6.08 Å². The van der Waals surface area contributed by atoms with Gasteiger partial charge in [0.25, 0.3) is 0 Å². The van der Waals surface area contributed by atoms with Crippen molar-refractivity contribution in [2.75, 3.05) is 7.11 Å². The highest BCUT2D eigenvalue weighted by molar-refractivity contribution is 14.1. The number of halogens is 3. The molecule has 0 saturated heterocycles. The molecule has 1 aliphatic heterocycles. The van der Waals surface area contributed by atoms with Gasteiger partial charge in [-0.2, -0.15) is 0 Å². The van der Waals surface area contributed by atoms with Crippen LogP contribution >= 0.6 is 54.5 Å². The smallest absolute Gasteiger partial charge is 0.363 e. The second kappa shape index (κ2) is 10.4. The first-order valence-corrected chi connectivity index (χ1v) is 12.5. The molecule has 3 aromatic rings. The van der Waals surface area contributed by atoms with Crippen LogP contribution in [-0.2, 0) is 16.1 Å². The van der Waals surface area contributed by atoms with Crippen molar-refractivity contribution in [3.05, 3.63) is 95.1 Å². The summed E-state index contributed by atoms with van der Waals surface area (Å²) < 4.78 is 19.8. The third-order valence-corrected chi connectivity index (χ3v) is 7.15. The lowest BCUT2D eigenvalue weighted by atomic mass is 10.1. The number of carbonyl (C=O) groups is 1. The Labute approximate surface area is 222 Å². The Morgan fingerprint density at radius 3 is 2.67 bits per heavy atom. The molecule has 0 fully saturated rings. The van der Waals surface area contributed by atoms with E-state index in [0.29, 0.717) is 28.5 Å². The van der Waals surface area contributed by atoms with Crippen LogP contribution in [0.5, 0.6) is 11.5 Å². The predicted octanol–water partition coefficient (Wildman–Crippen LogP) is 7.06. The average Bonchev–Trinajstić information content (AvgIpc) is 3.14. The molecule has 3 aromatic carbocycles. The molecule has 0 amide bonds. The average molecular weight is 683 g/mol. The monoisotopic (exact) mass is 681 g/mol. The highest BCUT2D eigenvalue weighted by Crippen LogP contribution is 2.38. The molecule has 0 aliphatic carbocycles. The SMILES string of the molecule is COc1cc(/C=C2\N=C(c3ccc(I)c(C)c3)OC2=O)cc(Br)c1OCc1cccc(Br)c1. The molecule has 0 aromatic heterocycles. The maximum Gasteiger partial charge on any atom is 0.363 e. The zero-order valence-electron chi connectivity index (χ0n) is 17.7. The molecule has 5 nitrogen and oxygen atoms in total. The van der Waals surface area contributed by atoms with Crippen molar-refractivity contribution in [3.8, 4) is 11.5 Å². The first kappa shape index (κ1) is 24.0. The van der Waals surface area contributed by atoms with Crippen LogP contribution in [0.3, 0.4) is 0 Å². The van der Waals surface area contributed by atoms with Crippen molar-refractivity contribution in [2.45, 2.75) is 13.5 Å². The maximum atomic E-state index is 12.4. The minimum absolute atomic E-state index is 0.220. The molecule has 0 atom stereocenters. The topological polar surface area (TPSA) is 57.1 Å². The number of cyclic esters (lactones) is 1. The van der Waals surface area contributed by atoms with Gasteiger partial charge in [0.05, 0.1) is 11.6 Å². The summed E-state index contributed by atoms with van der Waals surface area (Å²) in [6.45, 7) is 2.38. The summed E-state index contributed by atoms with van der Waals surface area (Å²) in [6, 6.07) is 17.4. The predicted molar refractivity (Wildman–Crippen MR) is 144 cm³/mol. The van der Waals surface area contributed by atoms with Crippen LogP contribution in [0.2, 0.25) is 0 Å². The zero-order chi connectivity index (χ0) is 23.5. The number of ether oxygens (including phenoxy) is 3. The molecule has 0 bridgehead atoms. The molecule has 4 rings (SSSR count). The third kappa shape index (κ3) is 5.67. The van der Waals surface area contributed by atoms with E-state index in [1.807, 2.05) is 55.5 Å². The quantitative estimate of drug-likeness (QED) is 0.159. The molecule has 1 heterocycles. The van der Waals surface area contributed by atoms with Gasteiger partial charge in [-0.25, -0.2) is 9.79 Å². The Bertz CT molecular complexity index is 1300. The fourth-order valence-electron chi connectivity index (χ4n) is 3.21. The van der Waals surface area contributed by atoms with Gasteiger partial charge in [-0.05, 0) is 111 Å². The molecule has 33 heavy (non-hydrogen) atoms. The second-order valence-corrected chi connectivity index (χ2v) is 10.2. The molecule has 0 radical (unpaired) electrons. The lowest BCUT2D eigenvalue weighted by Gasteiger charge is -2.14. The second-order valence-electron chi connectivity index (χ2n) is 7.25. The van der Waals surface area contributed by atoms with Gasteiger partial charge in [0.15, 0.2) is 17.2 Å². The third-order valence-electron chi connectivity index (χ3n) is 4.85. The summed E-state index contributed by atoms with van der Waals surface area (Å²) >= 11 is 9.29. The van der Waals surface area contributed by atoms with E-state index < -0.39 is 5.97 Å². The van der Waals surface area contributed by atoms with E-state index in [2.05, 4.69) is 59.4 Å². The van der Waals surface area contributed by atoms with E-state index in [1.54, 1.807) is 19.3 Å². The molecular weight excluding hydrogens is 665 g/mol. The van der Waals surface area contributed by atoms with Crippen LogP contribution in [0, 0.1) is 10.5 Å². The molecule has 0 N–H and O–H groups in total. The number of rotatable bonds is 6. The van der Waals surface area contributed by atoms with E-state index in [0.717, 1.165) is 30.3 Å². The summed E-state index contributed by atoms with van der Waals surface area (Å²) in [6.07, 6.45) is 1.67. The molecule has 168 valence electrons. The Morgan fingerprint density at radius 2 is 1.94 bits per heavy atom. The first-order chi connectivity index (χ1) is 15.8. The van der Waals surface area contributed by atoms with Crippen LogP contribution in [-0.4, -0.2) is 19.0 Å². The summed E-state index contributed by atoms with van der Waals surface area (Å²) in [7, 11) is 1.57. The number of aliphatic imine (C=N–C) groups is 1. The van der Waals surface area contributed by atoms with Crippen LogP contribution in [0.1, 0.15) is 22.3 Å². The minimum Gasteiger partial charge on any atom is -0.493 e. The van der Waals surface area contributed by atoms with Gasteiger partial charge in [0.2, 0.25) is 5.90 Å². The Hall–Kier alpha value is -2.17. The van der Waals surface area contributed by atoms with Crippen molar-refractivity contribution >= 4 is 72.4 Å². The number of aryl methyl sites for hydroxylation is 1. The van der Waals surface area contributed by atoms with Gasteiger partial charge >= 0.3 is 5.97 Å². The van der Waals surface area contributed by atoms with Crippen molar-refractivity contribution in [2.24, 2.45) is 4.99 Å². The standard InChI is InChI=1S/C25H18Br2INO4/c1-14-8-17(6-7-20(14)28)24-29-21(25(30)33-24)11-16-10-19(27)23(22(12-16)31-2)32-13-15-4-3-5-18(26)9-15/h3-12H,13H2,1-2H3/b21-11-. The molecule has 0 unspecified atom stereocenters. The van der Waals surface area contributed by atoms with Crippen LogP contribution in [0.4, 0.5) is 0 Å². The first-order valence-electron chi connectivity index (χ1n) is 9.88. The van der Waals surface area contributed by atoms with Gasteiger partial charge in [0.1, 0.15) is 6.61 Å². The molecular formula is C25H18Br2INO4. The van der Waals surface area contributed by atoms with E-state index in [4.69, 9.17) is 14.2 Å². The van der Waals surface area contributed by atoms with Gasteiger partial charge in [-0.3, -0.25) is 0 Å². The van der Waals surface area contributed by atoms with E-state index in [1.165, 1.54) is 0 Å². The van der Waals surface area contributed by atoms with Gasteiger partial charge in [0, 0.05) is 13.6 Å². The molecule has 0 spiro atoms. The Morgan fingerprint density at radius 1 is 1.12 bits per heavy atom. The van der Waals surface area contributed by atoms with Crippen LogP contribution < -0.4 is 9.47 Å². The minimum atomic E-state index is -0.494. The fourth-order valence-corrected chi connectivity index (χ4v) is 4.57. The van der Waals surface area contributed by atoms with E-state index >= 15 is 0 Å². The normalized spacial score (nSPS) is 14.3. The summed E-state index contributed by atoms with van der Waals surface area (Å²) in [5.74, 6) is 0.916. The highest BCUT2D eigenvalue weighted by atomic mass is 127. The lowest BCUT2D eigenvalue weighted by Crippen LogP contribution is -2.05. The Balaban J connectivity index is 1.59. The van der Waals surface area contributed by atoms with Crippen LogP contribution in [0.15, 0.2) is 74.2 Å². The fraction of sp³-hybridized carbons (Fsp3) is 0.120. The zero-order valence-corrected chi connectivity index (χ0v) is 23.0. The highest BCUT2D eigenvalue weighted by Gasteiger charge is 2.25. The number of hydrogen-bond acceptors (Lipinski definition) is 5. The van der Waals surface area contributed by atoms with Crippen molar-refractivity contribution in [1.29, 1.82) is 0 Å². The number of benzene rings is 3. The van der Waals surface area contributed by atoms with Gasteiger partial charge < -0.3 is 14.2 Å². The Kier molecular flexibility index (Phi) is 7.55. The summed E-state index contributed by atoms with van der Waals surface area (Å²) in [5, 5.41) is 0. The van der Waals surface area contributed by atoms with Crippen molar-refractivity contribution in [3.63, 3.8) is 0 Å². The van der Waals surface area contributed by atoms with Gasteiger partial charge in [-0.15, -0.1) is 0 Å². The summed E-state index contributed by atoms with van der Waals surface area (Å²) in [5.41, 5.74) is 3.82. The van der Waals surface area contributed by atoms with Crippen molar-refractivity contribution < 1.29 is 19.0 Å². The number of esters is 1. The van der Waals surface area contributed by atoms with E-state index in [9.17, 15) is 4.79 Å². The van der Waals surface area contributed by atoms with Crippen molar-refractivity contribution in [1.82, 2.24) is 0 Å². The molecule has 1 aliphatic rings. The lowest BCUT2D eigenvalue weighted by molar-refractivity contribution is -0.129. The van der Waals surface area contributed by atoms with Gasteiger partial charge in [-0.1, -0.05) is 28.1 Å². The van der Waals surface area contributed by atoms with E-state index in [-0.39, 0.29) is 5.70 Å². The number of methoxy groups -OCH3 is 1. The number of nitrogens with zero attached hydrogens (tertiary/aromatic N) is 1. The molecule has 8 heteroatoms. The number of carbonyl (C=O) groups excluding carboxylic acids is 1. The maximum absolute atomic E-state index is 12.4.